The molecule has 0 saturated heterocycles. The lowest BCUT2D eigenvalue weighted by Gasteiger charge is -1.98. The molecule has 0 saturated carbocycles. The minimum Gasteiger partial charge on any atom is -0.309 e. The van der Waals surface area contributed by atoms with Crippen molar-refractivity contribution in [3.8, 4) is 0 Å². The Bertz CT molecular complexity index is 760. The number of H-pyrrole nitrogens is 2. The van der Waals surface area contributed by atoms with E-state index in [0.717, 1.165) is 17.8 Å². The molecule has 0 aromatic carbocycles. The topological polar surface area (TPSA) is 87.3 Å². The normalized spacial score (nSPS) is 11.2. The molecule has 19 heavy (non-hydrogen) atoms. The fraction of sp³-hybridized carbons (Fsp3) is 0.273. The highest BCUT2D eigenvalue weighted by atomic mass is 32.2. The Kier molecular flexibility index (Phi) is 3.34. The van der Waals surface area contributed by atoms with E-state index in [-0.39, 0.29) is 5.56 Å². The average Bonchev–Trinajstić information content (AvgIpc) is 3.05. The molecule has 0 spiro atoms. The third-order valence-corrected chi connectivity index (χ3v) is 4.31. The van der Waals surface area contributed by atoms with Crippen LogP contribution in [0.3, 0.4) is 0 Å². The van der Waals surface area contributed by atoms with Gasteiger partial charge in [0.15, 0.2) is 0 Å². The van der Waals surface area contributed by atoms with Gasteiger partial charge in [0.2, 0.25) is 5.16 Å². The second-order valence-electron chi connectivity index (χ2n) is 3.85. The number of hydrogen-bond donors (Lipinski definition) is 2. The first kappa shape index (κ1) is 12.4. The van der Waals surface area contributed by atoms with Gasteiger partial charge in [0.1, 0.15) is 16.3 Å². The number of fused-ring (bicyclic) bond motifs is 1. The third-order valence-electron chi connectivity index (χ3n) is 2.55. The van der Waals surface area contributed by atoms with E-state index < -0.39 is 0 Å². The Labute approximate surface area is 116 Å². The Balaban J connectivity index is 1.79. The quantitative estimate of drug-likeness (QED) is 0.718. The van der Waals surface area contributed by atoms with Gasteiger partial charge in [-0.2, -0.15) is 0 Å². The summed E-state index contributed by atoms with van der Waals surface area (Å²) in [5.41, 5.74) is 0.661. The van der Waals surface area contributed by atoms with Gasteiger partial charge in [-0.1, -0.05) is 18.7 Å². The van der Waals surface area contributed by atoms with Gasteiger partial charge in [0.25, 0.3) is 5.56 Å². The summed E-state index contributed by atoms with van der Waals surface area (Å²) in [5, 5.41) is 9.48. The number of hydrogen-bond acceptors (Lipinski definition) is 6. The van der Waals surface area contributed by atoms with Gasteiger partial charge in [-0.05, 0) is 11.4 Å². The Morgan fingerprint density at radius 3 is 3.05 bits per heavy atom. The molecule has 0 radical (unpaired) electrons. The van der Waals surface area contributed by atoms with E-state index in [0.29, 0.717) is 21.4 Å². The van der Waals surface area contributed by atoms with Crippen LogP contribution in [0.25, 0.3) is 10.2 Å². The van der Waals surface area contributed by atoms with Gasteiger partial charge in [-0.15, -0.1) is 16.4 Å². The van der Waals surface area contributed by atoms with Crippen LogP contribution in [0.2, 0.25) is 0 Å². The summed E-state index contributed by atoms with van der Waals surface area (Å²) in [5.74, 6) is 2.04. The fourth-order valence-corrected chi connectivity index (χ4v) is 3.04. The van der Waals surface area contributed by atoms with Crippen molar-refractivity contribution in [2.45, 2.75) is 24.3 Å². The molecule has 2 N–H and O–H groups in total. The largest absolute Gasteiger partial charge is 0.309 e. The van der Waals surface area contributed by atoms with Crippen molar-refractivity contribution < 1.29 is 0 Å². The van der Waals surface area contributed by atoms with E-state index in [9.17, 15) is 4.79 Å². The van der Waals surface area contributed by atoms with Crippen LogP contribution in [0.5, 0.6) is 0 Å². The van der Waals surface area contributed by atoms with Crippen molar-refractivity contribution in [3.05, 3.63) is 33.4 Å². The average molecular weight is 293 g/mol. The fourth-order valence-electron chi connectivity index (χ4n) is 1.62. The molecular weight excluding hydrogens is 282 g/mol. The molecule has 0 amide bonds. The zero-order valence-electron chi connectivity index (χ0n) is 10.1. The van der Waals surface area contributed by atoms with Crippen LogP contribution < -0.4 is 5.56 Å². The van der Waals surface area contributed by atoms with Crippen LogP contribution in [0.1, 0.15) is 18.6 Å². The summed E-state index contributed by atoms with van der Waals surface area (Å²) in [6, 6.07) is 1.85. The van der Waals surface area contributed by atoms with Gasteiger partial charge in [-0.3, -0.25) is 9.89 Å². The second kappa shape index (κ2) is 5.14. The number of rotatable bonds is 4. The monoisotopic (exact) mass is 293 g/mol. The zero-order valence-corrected chi connectivity index (χ0v) is 11.8. The Morgan fingerprint density at radius 1 is 1.37 bits per heavy atom. The van der Waals surface area contributed by atoms with Crippen molar-refractivity contribution in [1.29, 1.82) is 0 Å². The molecule has 0 fully saturated rings. The molecule has 0 aliphatic rings. The maximum absolute atomic E-state index is 11.8. The van der Waals surface area contributed by atoms with E-state index in [1.165, 1.54) is 23.1 Å². The van der Waals surface area contributed by atoms with E-state index in [1.807, 2.05) is 18.4 Å². The van der Waals surface area contributed by atoms with Crippen molar-refractivity contribution >= 4 is 33.3 Å². The third kappa shape index (κ3) is 2.54. The summed E-state index contributed by atoms with van der Waals surface area (Å²) < 4.78 is 0.667. The minimum absolute atomic E-state index is 0.0835. The maximum atomic E-state index is 11.8. The summed E-state index contributed by atoms with van der Waals surface area (Å²) in [6.45, 7) is 2.01. The number of nitrogens with one attached hydrogen (secondary N) is 2. The number of nitrogens with zero attached hydrogens (tertiary/aromatic N) is 3. The standard InChI is InChI=1S/C11H11N5OS2/c1-2-7-14-11(16-15-7)19-5-8-12-6-3-4-18-9(6)10(17)13-8/h3-4H,2,5H2,1H3,(H,12,13,17)(H,14,15,16). The summed E-state index contributed by atoms with van der Waals surface area (Å²) in [6.07, 6.45) is 0.823. The van der Waals surface area contributed by atoms with Gasteiger partial charge in [0, 0.05) is 6.42 Å². The molecule has 0 aliphatic heterocycles. The molecule has 98 valence electrons. The summed E-state index contributed by atoms with van der Waals surface area (Å²) in [7, 11) is 0. The van der Waals surface area contributed by atoms with Crippen molar-refractivity contribution in [1.82, 2.24) is 25.1 Å². The van der Waals surface area contributed by atoms with Crippen molar-refractivity contribution in [2.24, 2.45) is 0 Å². The highest BCUT2D eigenvalue weighted by molar-refractivity contribution is 7.98. The lowest BCUT2D eigenvalue weighted by atomic mass is 10.4. The lowest BCUT2D eigenvalue weighted by molar-refractivity contribution is 0.940. The van der Waals surface area contributed by atoms with Gasteiger partial charge >= 0.3 is 0 Å². The lowest BCUT2D eigenvalue weighted by Crippen LogP contribution is -2.09. The van der Waals surface area contributed by atoms with Crippen molar-refractivity contribution in [3.63, 3.8) is 0 Å². The van der Waals surface area contributed by atoms with E-state index in [4.69, 9.17) is 0 Å². The smallest absolute Gasteiger partial charge is 0.268 e. The zero-order chi connectivity index (χ0) is 13.2. The molecule has 0 aliphatic carbocycles. The SMILES string of the molecule is CCc1nc(SCc2nc3ccsc3c(=O)[nH]2)n[nH]1. The summed E-state index contributed by atoms with van der Waals surface area (Å²) >= 11 is 2.85. The van der Waals surface area contributed by atoms with Gasteiger partial charge in [0.05, 0.1) is 11.3 Å². The van der Waals surface area contributed by atoms with Crippen molar-refractivity contribution in [2.75, 3.05) is 0 Å². The second-order valence-corrected chi connectivity index (χ2v) is 5.71. The molecule has 3 heterocycles. The molecule has 6 nitrogen and oxygen atoms in total. The first-order valence-corrected chi connectivity index (χ1v) is 7.63. The maximum Gasteiger partial charge on any atom is 0.268 e. The predicted octanol–water partition coefficient (Wildman–Crippen LogP) is 1.96. The van der Waals surface area contributed by atoms with Crippen LogP contribution in [0.15, 0.2) is 21.4 Å². The highest BCUT2D eigenvalue weighted by Gasteiger charge is 2.07. The van der Waals surface area contributed by atoms with E-state index in [2.05, 4.69) is 25.1 Å². The first-order chi connectivity index (χ1) is 9.26. The summed E-state index contributed by atoms with van der Waals surface area (Å²) in [4.78, 5) is 23.3. The number of aromatic nitrogens is 5. The van der Waals surface area contributed by atoms with Crippen LogP contribution in [-0.4, -0.2) is 25.1 Å². The van der Waals surface area contributed by atoms with Crippen LogP contribution in [0.4, 0.5) is 0 Å². The highest BCUT2D eigenvalue weighted by Crippen LogP contribution is 2.19. The molecule has 8 heteroatoms. The molecule has 0 unspecified atom stereocenters. The van der Waals surface area contributed by atoms with E-state index >= 15 is 0 Å². The minimum atomic E-state index is -0.0835. The number of thioether (sulfide) groups is 1. The van der Waals surface area contributed by atoms with Crippen LogP contribution >= 0.6 is 23.1 Å². The Hall–Kier alpha value is -1.67. The van der Waals surface area contributed by atoms with Gasteiger partial charge in [-0.25, -0.2) is 9.97 Å². The Morgan fingerprint density at radius 2 is 2.26 bits per heavy atom. The molecular formula is C11H11N5OS2. The number of aromatic amines is 2. The molecule has 0 bridgehead atoms. The molecule has 3 rings (SSSR count). The number of thiophene rings is 1. The molecule has 3 aromatic heterocycles. The molecule has 3 aromatic rings. The van der Waals surface area contributed by atoms with Crippen LogP contribution in [-0.2, 0) is 12.2 Å². The predicted molar refractivity (Wildman–Crippen MR) is 75.6 cm³/mol. The molecule has 0 atom stereocenters. The van der Waals surface area contributed by atoms with Gasteiger partial charge < -0.3 is 4.98 Å². The number of aryl methyl sites for hydroxylation is 1. The first-order valence-electron chi connectivity index (χ1n) is 5.76. The van der Waals surface area contributed by atoms with E-state index in [1.54, 1.807) is 0 Å². The van der Waals surface area contributed by atoms with Crippen LogP contribution in [0, 0.1) is 0 Å².